The van der Waals surface area contributed by atoms with Crippen molar-refractivity contribution in [2.45, 2.75) is 118 Å². The van der Waals surface area contributed by atoms with E-state index in [0.29, 0.717) is 60.2 Å². The van der Waals surface area contributed by atoms with Crippen LogP contribution in [0.1, 0.15) is 128 Å². The molecule has 1 amide bonds. The monoisotopic (exact) mass is 732 g/mol. The van der Waals surface area contributed by atoms with E-state index in [1.165, 1.54) is 69.6 Å². The van der Waals surface area contributed by atoms with Crippen LogP contribution in [0.25, 0.3) is 5.57 Å². The Morgan fingerprint density at radius 1 is 0.808 bits per heavy atom. The summed E-state index contributed by atoms with van der Waals surface area (Å²) in [6, 6.07) is 8.06. The molecule has 5 saturated carbocycles. The van der Waals surface area contributed by atoms with Gasteiger partial charge in [-0.05, 0) is 151 Å². The Labute approximate surface area is 313 Å². The summed E-state index contributed by atoms with van der Waals surface area (Å²) in [5.41, 5.74) is 4.18. The van der Waals surface area contributed by atoms with Gasteiger partial charge >= 0.3 is 5.97 Å². The molecule has 0 bridgehead atoms. The van der Waals surface area contributed by atoms with E-state index in [1.54, 1.807) is 0 Å². The molecule has 6 fully saturated rings. The van der Waals surface area contributed by atoms with Crippen molar-refractivity contribution in [3.8, 4) is 0 Å². The van der Waals surface area contributed by atoms with Gasteiger partial charge < -0.3 is 10.1 Å². The molecule has 1 saturated heterocycles. The maximum atomic E-state index is 13.9. The first-order valence-electron chi connectivity index (χ1n) is 20.5. The zero-order valence-corrected chi connectivity index (χ0v) is 33.8. The fourth-order valence-electron chi connectivity index (χ4n) is 14.6. The highest BCUT2D eigenvalue weighted by molar-refractivity contribution is 7.91. The topological polar surface area (TPSA) is 92.8 Å². The van der Waals surface area contributed by atoms with Gasteiger partial charge in [0.25, 0.3) is 0 Å². The molecule has 0 aromatic heterocycles. The van der Waals surface area contributed by atoms with E-state index >= 15 is 0 Å². The maximum Gasteiger partial charge on any atom is 0.337 e. The van der Waals surface area contributed by atoms with E-state index in [1.807, 2.05) is 12.1 Å². The van der Waals surface area contributed by atoms with Crippen LogP contribution < -0.4 is 5.32 Å². The quantitative estimate of drug-likeness (QED) is 0.299. The molecular formula is C44H64N2O5S. The number of methoxy groups -OCH3 is 1. The van der Waals surface area contributed by atoms with Crippen LogP contribution in [0.3, 0.4) is 0 Å². The Morgan fingerprint density at radius 2 is 1.50 bits per heavy atom. The van der Waals surface area contributed by atoms with Crippen LogP contribution in [0.15, 0.2) is 30.3 Å². The van der Waals surface area contributed by atoms with Crippen LogP contribution >= 0.6 is 0 Å². The van der Waals surface area contributed by atoms with Crippen molar-refractivity contribution in [2.24, 2.45) is 56.7 Å². The minimum atomic E-state index is -2.98. The van der Waals surface area contributed by atoms with Crippen molar-refractivity contribution in [2.75, 3.05) is 38.2 Å². The highest BCUT2D eigenvalue weighted by Gasteiger charge is 2.72. The molecule has 8 rings (SSSR count). The highest BCUT2D eigenvalue weighted by Crippen LogP contribution is 2.78. The summed E-state index contributed by atoms with van der Waals surface area (Å²) in [6.07, 6.45) is 15.9. The van der Waals surface area contributed by atoms with Crippen LogP contribution in [-0.4, -0.2) is 69.0 Å². The average molecular weight is 733 g/mol. The summed E-state index contributed by atoms with van der Waals surface area (Å²) in [6.45, 7) is 16.8. The lowest BCUT2D eigenvalue weighted by atomic mass is 9.32. The molecule has 0 unspecified atom stereocenters. The van der Waals surface area contributed by atoms with Gasteiger partial charge in [0.2, 0.25) is 5.91 Å². The van der Waals surface area contributed by atoms with E-state index in [-0.39, 0.29) is 50.6 Å². The van der Waals surface area contributed by atoms with Gasteiger partial charge in [0.1, 0.15) is 0 Å². The average Bonchev–Trinajstić information content (AvgIpc) is 3.72. The first kappa shape index (κ1) is 36.8. The minimum absolute atomic E-state index is 0.0144. The molecule has 7 aliphatic rings. The molecule has 1 aromatic carbocycles. The van der Waals surface area contributed by atoms with E-state index < -0.39 is 9.84 Å². The number of carbonyl (C=O) groups excluding carboxylic acids is 2. The lowest BCUT2D eigenvalue weighted by Crippen LogP contribution is -2.68. The van der Waals surface area contributed by atoms with Crippen molar-refractivity contribution in [1.82, 2.24) is 10.2 Å². The number of rotatable bonds is 6. The van der Waals surface area contributed by atoms with Crippen molar-refractivity contribution in [1.29, 1.82) is 0 Å². The predicted molar refractivity (Wildman–Crippen MR) is 206 cm³/mol. The number of nitrogens with zero attached hydrogens (tertiary/aromatic N) is 1. The third-order valence-electron chi connectivity index (χ3n) is 17.8. The molecule has 8 heteroatoms. The number of hydrogen-bond donors (Lipinski definition) is 1. The van der Waals surface area contributed by atoms with Gasteiger partial charge in [0.15, 0.2) is 9.84 Å². The summed E-state index contributed by atoms with van der Waals surface area (Å²) in [5, 5.41) is 3.76. The van der Waals surface area contributed by atoms with Crippen molar-refractivity contribution >= 4 is 27.3 Å². The molecule has 7 nitrogen and oxygen atoms in total. The summed E-state index contributed by atoms with van der Waals surface area (Å²) in [7, 11) is -1.54. The zero-order chi connectivity index (χ0) is 37.1. The third kappa shape index (κ3) is 5.44. The third-order valence-corrected chi connectivity index (χ3v) is 19.4. The van der Waals surface area contributed by atoms with E-state index in [4.69, 9.17) is 4.74 Å². The van der Waals surface area contributed by atoms with Gasteiger partial charge in [-0.1, -0.05) is 59.8 Å². The van der Waals surface area contributed by atoms with Crippen LogP contribution in [0.5, 0.6) is 0 Å². The number of ether oxygens (including phenoxy) is 1. The van der Waals surface area contributed by atoms with Crippen LogP contribution in [-0.2, 0) is 19.4 Å². The smallest absolute Gasteiger partial charge is 0.337 e. The van der Waals surface area contributed by atoms with Crippen molar-refractivity contribution < 1.29 is 22.7 Å². The van der Waals surface area contributed by atoms with Crippen molar-refractivity contribution in [3.05, 3.63) is 41.5 Å². The number of benzene rings is 1. The predicted octanol–water partition coefficient (Wildman–Crippen LogP) is 7.95. The van der Waals surface area contributed by atoms with Crippen LogP contribution in [0, 0.1) is 56.7 Å². The van der Waals surface area contributed by atoms with Gasteiger partial charge in [-0.2, -0.15) is 0 Å². The van der Waals surface area contributed by atoms with E-state index in [0.717, 1.165) is 19.3 Å². The Morgan fingerprint density at radius 3 is 2.15 bits per heavy atom. The van der Waals surface area contributed by atoms with Gasteiger partial charge in [-0.25, -0.2) is 13.2 Å². The lowest BCUT2D eigenvalue weighted by Gasteiger charge is -2.72. The second kappa shape index (κ2) is 12.2. The summed E-state index contributed by atoms with van der Waals surface area (Å²) in [5.74, 6) is 3.13. The molecular weight excluding hydrogens is 669 g/mol. The van der Waals surface area contributed by atoms with E-state index in [2.05, 4.69) is 70.0 Å². The van der Waals surface area contributed by atoms with Crippen molar-refractivity contribution in [3.63, 3.8) is 0 Å². The fourth-order valence-corrected chi connectivity index (χ4v) is 15.9. The molecule has 286 valence electrons. The van der Waals surface area contributed by atoms with Crippen LogP contribution in [0.4, 0.5) is 0 Å². The first-order chi connectivity index (χ1) is 24.4. The molecule has 1 N–H and O–H groups in total. The zero-order valence-electron chi connectivity index (χ0n) is 33.0. The largest absolute Gasteiger partial charge is 0.465 e. The standard InChI is InChI=1S/C44H64N2O5S/c1-39(2)31(29-8-10-30(11-9-29)38(48)51-7)14-17-41(4)34(39)16-18-43(6)35(41)13-12-33-37-32(40(3)20-21-40)15-19-44(37,23-22-42(33,43)5)45-36(47)28-46-24-26-52(49,50)27-25-46/h8-11,14,32-35,37H,12-13,15-28H2,1-7H3,(H,45,47)/t32-,33-,34+,35-,37-,41+,42-,43-,44+/m1/s1. The molecule has 0 radical (unpaired) electrons. The number of amides is 1. The minimum Gasteiger partial charge on any atom is -0.465 e. The molecule has 1 aromatic rings. The van der Waals surface area contributed by atoms with Gasteiger partial charge in [-0.3, -0.25) is 9.69 Å². The second-order valence-electron chi connectivity index (χ2n) is 20.2. The Balaban J connectivity index is 1.07. The maximum absolute atomic E-state index is 13.9. The Bertz CT molecular complexity index is 1750. The molecule has 1 aliphatic heterocycles. The molecule has 6 aliphatic carbocycles. The number of esters is 1. The lowest BCUT2D eigenvalue weighted by molar-refractivity contribution is -0.222. The number of nitrogens with one attached hydrogen (secondary N) is 1. The van der Waals surface area contributed by atoms with Gasteiger partial charge in [0, 0.05) is 18.6 Å². The molecule has 0 spiro atoms. The normalized spacial score (nSPS) is 42.8. The van der Waals surface area contributed by atoms with Crippen LogP contribution in [0.2, 0.25) is 0 Å². The first-order valence-corrected chi connectivity index (χ1v) is 22.4. The molecule has 1 heterocycles. The number of allylic oxidation sites excluding steroid dienone is 2. The number of sulfone groups is 1. The second-order valence-corrected chi connectivity index (χ2v) is 22.5. The number of fused-ring (bicyclic) bond motifs is 7. The van der Waals surface area contributed by atoms with Gasteiger partial charge in [0.05, 0.1) is 30.7 Å². The molecule has 52 heavy (non-hydrogen) atoms. The molecule has 9 atom stereocenters. The Hall–Kier alpha value is -2.19. The summed E-state index contributed by atoms with van der Waals surface area (Å²) >= 11 is 0. The number of hydrogen-bond acceptors (Lipinski definition) is 6. The van der Waals surface area contributed by atoms with Gasteiger partial charge in [-0.15, -0.1) is 0 Å². The highest BCUT2D eigenvalue weighted by atomic mass is 32.2. The number of carbonyl (C=O) groups is 2. The van der Waals surface area contributed by atoms with E-state index in [9.17, 15) is 18.0 Å². The fraction of sp³-hybridized carbons (Fsp3) is 0.773. The Kier molecular flexibility index (Phi) is 8.59. The summed E-state index contributed by atoms with van der Waals surface area (Å²) in [4.78, 5) is 28.1. The SMILES string of the molecule is COC(=O)c1ccc(C2=CC[C@]3(C)[C@H]4CC[C@@H]5[C@H]6[C@H](C7(C)CC7)CC[C@]6(NC(=O)CN6CCS(=O)(=O)CC6)CC[C@@]5(C)[C@]4(C)CC[C@H]3C2(C)C)cc1. The summed E-state index contributed by atoms with van der Waals surface area (Å²) < 4.78 is 29.1.